The molecule has 0 aromatic heterocycles. The highest BCUT2D eigenvalue weighted by Crippen LogP contribution is 2.32. The number of aliphatic hydroxyl groups is 1. The third-order valence-electron chi connectivity index (χ3n) is 8.06. The van der Waals surface area contributed by atoms with Gasteiger partial charge in [-0.15, -0.1) is 0 Å². The van der Waals surface area contributed by atoms with Crippen molar-refractivity contribution in [1.82, 2.24) is 0 Å². The number of ether oxygens (including phenoxy) is 6. The predicted molar refractivity (Wildman–Crippen MR) is 183 cm³/mol. The smallest absolute Gasteiger partial charge is 0.200 e. The van der Waals surface area contributed by atoms with Crippen LogP contribution in [0.25, 0.3) is 12.2 Å². The Morgan fingerprint density at radius 1 is 0.708 bits per heavy atom. The number of allylic oxidation sites excluding steroid dienone is 9. The Balaban J connectivity index is 1.35. The number of rotatable bonds is 14. The standard InChI is InChI=1S/C39H42O9/c1-43-36-25-27(15-21-34(36)47-38-11-5-7-23-45-38)13-18-32(41)30(17-20-31(40)29-9-3-4-10-29)33(42)19-14-28-16-22-35(37(26-28)44-2)48-39-12-6-8-24-46-39/h3-4,9-10,13-22,25-26,29,38-39,41H,5-8,11-12,23-24H2,1-2H3/b18-13+,19-14+,20-17+,32-30-. The van der Waals surface area contributed by atoms with Crippen LogP contribution in [0.1, 0.15) is 49.7 Å². The minimum atomic E-state index is -0.498. The van der Waals surface area contributed by atoms with E-state index in [9.17, 15) is 14.7 Å². The molecule has 2 heterocycles. The van der Waals surface area contributed by atoms with Gasteiger partial charge in [0.05, 0.1) is 38.9 Å². The van der Waals surface area contributed by atoms with Crippen LogP contribution in [0.3, 0.4) is 0 Å². The minimum absolute atomic E-state index is 0.0514. The lowest BCUT2D eigenvalue weighted by molar-refractivity contribution is -0.115. The maximum atomic E-state index is 13.5. The number of hydrogen-bond donors (Lipinski definition) is 1. The molecule has 2 unspecified atom stereocenters. The second-order valence-electron chi connectivity index (χ2n) is 11.5. The molecule has 1 aliphatic carbocycles. The third kappa shape index (κ3) is 9.59. The van der Waals surface area contributed by atoms with E-state index >= 15 is 0 Å². The molecule has 48 heavy (non-hydrogen) atoms. The van der Waals surface area contributed by atoms with Crippen LogP contribution in [0.2, 0.25) is 0 Å². The summed E-state index contributed by atoms with van der Waals surface area (Å²) in [6, 6.07) is 10.7. The quantitative estimate of drug-likeness (QED) is 0.126. The molecule has 2 saturated heterocycles. The number of methoxy groups -OCH3 is 2. The molecule has 2 atom stereocenters. The Morgan fingerprint density at radius 3 is 1.75 bits per heavy atom. The molecule has 9 heteroatoms. The molecular weight excluding hydrogens is 612 g/mol. The molecule has 0 spiro atoms. The zero-order valence-corrected chi connectivity index (χ0v) is 27.3. The number of ketones is 2. The SMILES string of the molecule is COc1cc(/C=C/C(=O)C(/C=C/C(=O)C2C=CC=C2)=C(O)/C=C/c2ccc(OC3CCCCO3)c(OC)c2)ccc1OC1CCCCO1. The van der Waals surface area contributed by atoms with Crippen molar-refractivity contribution in [3.05, 3.63) is 107 Å². The summed E-state index contributed by atoms with van der Waals surface area (Å²) in [7, 11) is 3.10. The zero-order chi connectivity index (χ0) is 33.7. The van der Waals surface area contributed by atoms with Crippen LogP contribution in [0.5, 0.6) is 23.0 Å². The van der Waals surface area contributed by atoms with Gasteiger partial charge < -0.3 is 33.5 Å². The topological polar surface area (TPSA) is 110 Å². The van der Waals surface area contributed by atoms with Crippen molar-refractivity contribution in [1.29, 1.82) is 0 Å². The van der Waals surface area contributed by atoms with Crippen molar-refractivity contribution in [2.24, 2.45) is 5.92 Å². The van der Waals surface area contributed by atoms with Crippen LogP contribution in [-0.4, -0.2) is 56.7 Å². The van der Waals surface area contributed by atoms with Gasteiger partial charge in [0.15, 0.2) is 47.1 Å². The van der Waals surface area contributed by atoms with Crippen molar-refractivity contribution < 1.29 is 43.1 Å². The van der Waals surface area contributed by atoms with Crippen LogP contribution in [0.4, 0.5) is 0 Å². The van der Waals surface area contributed by atoms with E-state index < -0.39 is 11.7 Å². The molecule has 0 radical (unpaired) electrons. The van der Waals surface area contributed by atoms with E-state index in [1.165, 1.54) is 24.3 Å². The van der Waals surface area contributed by atoms with Crippen LogP contribution >= 0.6 is 0 Å². The van der Waals surface area contributed by atoms with E-state index in [4.69, 9.17) is 28.4 Å². The van der Waals surface area contributed by atoms with Gasteiger partial charge in [0.25, 0.3) is 0 Å². The summed E-state index contributed by atoms with van der Waals surface area (Å²) in [6.07, 6.45) is 20.8. The fraction of sp³-hybridized carbons (Fsp3) is 0.333. The number of carbonyl (C=O) groups is 2. The third-order valence-corrected chi connectivity index (χ3v) is 8.06. The molecule has 3 aliphatic rings. The van der Waals surface area contributed by atoms with Crippen molar-refractivity contribution >= 4 is 23.7 Å². The average molecular weight is 655 g/mol. The normalized spacial score (nSPS) is 20.4. The molecule has 0 amide bonds. The highest BCUT2D eigenvalue weighted by molar-refractivity contribution is 6.10. The zero-order valence-electron chi connectivity index (χ0n) is 27.3. The van der Waals surface area contributed by atoms with Crippen molar-refractivity contribution in [3.8, 4) is 23.0 Å². The Hall–Kier alpha value is -4.86. The van der Waals surface area contributed by atoms with Crippen molar-refractivity contribution in [3.63, 3.8) is 0 Å². The summed E-state index contributed by atoms with van der Waals surface area (Å²) in [4.78, 5) is 26.2. The Bertz CT molecular complexity index is 1600. The summed E-state index contributed by atoms with van der Waals surface area (Å²) in [5.74, 6) is 0.679. The average Bonchev–Trinajstić information content (AvgIpc) is 3.67. The van der Waals surface area contributed by atoms with E-state index in [0.29, 0.717) is 47.3 Å². The lowest BCUT2D eigenvalue weighted by Crippen LogP contribution is -2.25. The van der Waals surface area contributed by atoms with Crippen molar-refractivity contribution in [2.75, 3.05) is 27.4 Å². The first-order valence-corrected chi connectivity index (χ1v) is 16.3. The molecule has 2 aliphatic heterocycles. The maximum Gasteiger partial charge on any atom is 0.200 e. The van der Waals surface area contributed by atoms with Gasteiger partial charge in [0.1, 0.15) is 5.76 Å². The van der Waals surface area contributed by atoms with Gasteiger partial charge >= 0.3 is 0 Å². The molecule has 0 saturated carbocycles. The van der Waals surface area contributed by atoms with E-state index in [0.717, 1.165) is 38.5 Å². The van der Waals surface area contributed by atoms with Crippen LogP contribution < -0.4 is 18.9 Å². The Morgan fingerprint density at radius 2 is 1.25 bits per heavy atom. The number of hydrogen-bond acceptors (Lipinski definition) is 9. The highest BCUT2D eigenvalue weighted by atomic mass is 16.7. The largest absolute Gasteiger partial charge is 0.507 e. The van der Waals surface area contributed by atoms with Crippen LogP contribution in [0, 0.1) is 5.92 Å². The summed E-state index contributed by atoms with van der Waals surface area (Å²) >= 11 is 0. The fourth-order valence-corrected chi connectivity index (χ4v) is 5.38. The van der Waals surface area contributed by atoms with Gasteiger partial charge in [-0.2, -0.15) is 0 Å². The summed E-state index contributed by atoms with van der Waals surface area (Å²) in [5, 5.41) is 11.1. The Kier molecular flexibility index (Phi) is 12.5. The first kappa shape index (κ1) is 34.5. The Labute approximate surface area is 281 Å². The van der Waals surface area contributed by atoms with Gasteiger partial charge in [0.2, 0.25) is 0 Å². The number of carbonyl (C=O) groups excluding carboxylic acids is 2. The molecule has 0 bridgehead atoms. The molecule has 5 rings (SSSR count). The summed E-state index contributed by atoms with van der Waals surface area (Å²) in [6.45, 7) is 1.32. The van der Waals surface area contributed by atoms with Gasteiger partial charge in [-0.25, -0.2) is 0 Å². The molecule has 9 nitrogen and oxygen atoms in total. The highest BCUT2D eigenvalue weighted by Gasteiger charge is 2.19. The minimum Gasteiger partial charge on any atom is -0.507 e. The van der Waals surface area contributed by atoms with Gasteiger partial charge in [-0.1, -0.05) is 48.6 Å². The van der Waals surface area contributed by atoms with Crippen LogP contribution in [-0.2, 0) is 19.1 Å². The van der Waals surface area contributed by atoms with E-state index in [-0.39, 0.29) is 29.7 Å². The van der Waals surface area contributed by atoms with Crippen LogP contribution in [0.15, 0.2) is 96.3 Å². The number of benzene rings is 2. The monoisotopic (exact) mass is 654 g/mol. The van der Waals surface area contributed by atoms with Gasteiger partial charge in [-0.05, 0) is 85.4 Å². The maximum absolute atomic E-state index is 13.5. The van der Waals surface area contributed by atoms with Gasteiger partial charge in [0, 0.05) is 12.8 Å². The van der Waals surface area contributed by atoms with E-state index in [1.807, 2.05) is 6.07 Å². The molecule has 2 fully saturated rings. The summed E-state index contributed by atoms with van der Waals surface area (Å²) in [5.41, 5.74) is 1.33. The summed E-state index contributed by atoms with van der Waals surface area (Å²) < 4.78 is 34.4. The molecule has 1 N–H and O–H groups in total. The van der Waals surface area contributed by atoms with E-state index in [1.54, 1.807) is 81.0 Å². The molecule has 252 valence electrons. The first-order chi connectivity index (χ1) is 23.4. The predicted octanol–water partition coefficient (Wildman–Crippen LogP) is 7.49. The second kappa shape index (κ2) is 17.3. The van der Waals surface area contributed by atoms with E-state index in [2.05, 4.69) is 0 Å². The lowest BCUT2D eigenvalue weighted by Gasteiger charge is -2.24. The lowest BCUT2D eigenvalue weighted by atomic mass is 10.0. The van der Waals surface area contributed by atoms with Crippen molar-refractivity contribution in [2.45, 2.75) is 51.1 Å². The molecule has 2 aromatic carbocycles. The number of aliphatic hydroxyl groups excluding tert-OH is 1. The molecular formula is C39H42O9. The first-order valence-electron chi connectivity index (χ1n) is 16.3. The fourth-order valence-electron chi connectivity index (χ4n) is 5.38. The second-order valence-corrected chi connectivity index (χ2v) is 11.5. The van der Waals surface area contributed by atoms with Gasteiger partial charge in [-0.3, -0.25) is 9.59 Å². The molecule has 2 aromatic rings.